The van der Waals surface area contributed by atoms with Gasteiger partial charge in [-0.1, -0.05) is 49.0 Å². The molecule has 41 heavy (non-hydrogen) atoms. The van der Waals surface area contributed by atoms with E-state index in [0.29, 0.717) is 11.6 Å². The molecule has 1 aliphatic heterocycles. The summed E-state index contributed by atoms with van der Waals surface area (Å²) in [5.41, 5.74) is 12.7. The van der Waals surface area contributed by atoms with Crippen LogP contribution in [0, 0.1) is 0 Å². The molecule has 0 radical (unpaired) electrons. The molecule has 1 aliphatic rings. The zero-order valence-corrected chi connectivity index (χ0v) is 22.9. The van der Waals surface area contributed by atoms with Crippen LogP contribution in [-0.2, 0) is 11.3 Å². The minimum absolute atomic E-state index is 0.0937. The quantitative estimate of drug-likeness (QED) is 0.267. The van der Waals surface area contributed by atoms with Gasteiger partial charge >= 0.3 is 0 Å². The molecule has 0 unspecified atom stereocenters. The number of pyridine rings is 2. The SMILES string of the molecule is C=CC(=O)N[C@@H]1CCCN(Cc2ccc(-n3c(-c4cccnc4N)nc4ccc(-c5ccccc5)nc43)cc2)CC1. The van der Waals surface area contributed by atoms with Crippen LogP contribution in [0.1, 0.15) is 24.8 Å². The fourth-order valence-corrected chi connectivity index (χ4v) is 5.49. The maximum atomic E-state index is 11.7. The average Bonchev–Trinajstić information content (AvgIpc) is 3.25. The highest BCUT2D eigenvalue weighted by atomic mass is 16.1. The number of nitrogens with two attached hydrogens (primary N) is 1. The third kappa shape index (κ3) is 5.73. The molecule has 8 nitrogen and oxygen atoms in total. The standard InChI is InChI=1S/C33H33N7O/c1-2-30(41)36-25-10-7-20-39(21-18-25)22-23-12-14-26(15-13-23)40-32(27-11-6-19-35-31(27)34)38-29-17-16-28(37-33(29)40)24-8-4-3-5-9-24/h2-6,8-9,11-17,19,25H,1,7,10,18,20-22H2,(H2,34,35)(H,36,41)/t25-/m1/s1. The van der Waals surface area contributed by atoms with Crippen molar-refractivity contribution in [3.63, 3.8) is 0 Å². The monoisotopic (exact) mass is 543 g/mol. The van der Waals surface area contributed by atoms with Gasteiger partial charge < -0.3 is 11.1 Å². The van der Waals surface area contributed by atoms with E-state index < -0.39 is 0 Å². The number of nitrogens with one attached hydrogen (secondary N) is 1. The highest BCUT2D eigenvalue weighted by Gasteiger charge is 2.20. The van der Waals surface area contributed by atoms with Crippen molar-refractivity contribution in [2.45, 2.75) is 31.8 Å². The van der Waals surface area contributed by atoms with Crippen LogP contribution in [0.25, 0.3) is 39.5 Å². The van der Waals surface area contributed by atoms with Crippen LogP contribution in [0.5, 0.6) is 0 Å². The number of hydrogen-bond donors (Lipinski definition) is 2. The van der Waals surface area contributed by atoms with Crippen LogP contribution in [0.3, 0.4) is 0 Å². The molecule has 0 spiro atoms. The topological polar surface area (TPSA) is 102 Å². The summed E-state index contributed by atoms with van der Waals surface area (Å²) in [6, 6.07) is 26.7. The van der Waals surface area contributed by atoms with Crippen molar-refractivity contribution < 1.29 is 4.79 Å². The fraction of sp³-hybridized carbons (Fsp3) is 0.212. The van der Waals surface area contributed by atoms with Crippen LogP contribution in [0.15, 0.2) is 97.7 Å². The first-order valence-corrected chi connectivity index (χ1v) is 14.0. The molecule has 4 heterocycles. The van der Waals surface area contributed by atoms with E-state index in [9.17, 15) is 4.79 Å². The molecule has 5 aromatic rings. The van der Waals surface area contributed by atoms with Crippen LogP contribution >= 0.6 is 0 Å². The lowest BCUT2D eigenvalue weighted by Gasteiger charge is -2.20. The van der Waals surface area contributed by atoms with Gasteiger partial charge in [-0.05, 0) is 73.8 Å². The Kier molecular flexibility index (Phi) is 7.56. The van der Waals surface area contributed by atoms with Crippen molar-refractivity contribution in [1.82, 2.24) is 29.7 Å². The molecule has 2 aromatic carbocycles. The van der Waals surface area contributed by atoms with E-state index in [1.165, 1.54) is 11.6 Å². The number of hydrogen-bond acceptors (Lipinski definition) is 6. The first kappa shape index (κ1) is 26.4. The summed E-state index contributed by atoms with van der Waals surface area (Å²) in [5, 5.41) is 3.06. The van der Waals surface area contributed by atoms with E-state index in [2.05, 4.69) is 62.7 Å². The summed E-state index contributed by atoms with van der Waals surface area (Å²) in [4.78, 5) is 28.5. The molecular formula is C33H33N7O. The summed E-state index contributed by atoms with van der Waals surface area (Å²) >= 11 is 0. The molecule has 1 fully saturated rings. The maximum Gasteiger partial charge on any atom is 0.243 e. The molecule has 1 atom stereocenters. The highest BCUT2D eigenvalue weighted by molar-refractivity contribution is 5.87. The minimum atomic E-state index is -0.0937. The van der Waals surface area contributed by atoms with Crippen molar-refractivity contribution in [2.75, 3.05) is 18.8 Å². The summed E-state index contributed by atoms with van der Waals surface area (Å²) in [5.74, 6) is 1.03. The molecule has 1 amide bonds. The van der Waals surface area contributed by atoms with Crippen molar-refractivity contribution >= 4 is 22.9 Å². The first-order valence-electron chi connectivity index (χ1n) is 14.0. The Morgan fingerprint density at radius 2 is 1.80 bits per heavy atom. The van der Waals surface area contributed by atoms with E-state index >= 15 is 0 Å². The van der Waals surface area contributed by atoms with Gasteiger partial charge in [-0.2, -0.15) is 0 Å². The summed E-state index contributed by atoms with van der Waals surface area (Å²) in [6.45, 7) is 6.36. The van der Waals surface area contributed by atoms with Gasteiger partial charge in [-0.15, -0.1) is 0 Å². The Balaban J connectivity index is 1.31. The number of amides is 1. The number of carbonyl (C=O) groups excluding carboxylic acids is 1. The summed E-state index contributed by atoms with van der Waals surface area (Å²) in [6.07, 6.45) is 6.00. The van der Waals surface area contributed by atoms with Gasteiger partial charge in [0.25, 0.3) is 0 Å². The number of nitrogen functional groups attached to an aromatic ring is 1. The highest BCUT2D eigenvalue weighted by Crippen LogP contribution is 2.32. The molecule has 0 aliphatic carbocycles. The lowest BCUT2D eigenvalue weighted by atomic mass is 10.1. The van der Waals surface area contributed by atoms with E-state index in [-0.39, 0.29) is 11.9 Å². The second-order valence-electron chi connectivity index (χ2n) is 10.4. The number of aromatic nitrogens is 4. The van der Waals surface area contributed by atoms with Gasteiger partial charge in [-0.25, -0.2) is 15.0 Å². The van der Waals surface area contributed by atoms with Gasteiger partial charge in [0.15, 0.2) is 11.5 Å². The summed E-state index contributed by atoms with van der Waals surface area (Å²) in [7, 11) is 0. The van der Waals surface area contributed by atoms with Crippen LogP contribution in [0.2, 0.25) is 0 Å². The minimum Gasteiger partial charge on any atom is -0.383 e. The van der Waals surface area contributed by atoms with Crippen LogP contribution in [0.4, 0.5) is 5.82 Å². The molecule has 6 rings (SSSR count). The second-order valence-corrected chi connectivity index (χ2v) is 10.4. The molecule has 0 saturated carbocycles. The second kappa shape index (κ2) is 11.7. The number of imidazole rings is 1. The van der Waals surface area contributed by atoms with Crippen LogP contribution in [-0.4, -0.2) is 49.5 Å². The zero-order valence-electron chi connectivity index (χ0n) is 22.9. The zero-order chi connectivity index (χ0) is 28.2. The van der Waals surface area contributed by atoms with E-state index in [1.807, 2.05) is 42.5 Å². The average molecular weight is 544 g/mol. The Bertz CT molecular complexity index is 1680. The number of nitrogens with zero attached hydrogens (tertiary/aromatic N) is 5. The number of rotatable bonds is 7. The Morgan fingerprint density at radius 1 is 0.976 bits per heavy atom. The lowest BCUT2D eigenvalue weighted by Crippen LogP contribution is -2.34. The number of likely N-dealkylation sites (tertiary alicyclic amines) is 1. The third-order valence-corrected chi connectivity index (χ3v) is 7.61. The van der Waals surface area contributed by atoms with Crippen molar-refractivity contribution in [3.05, 3.63) is 103 Å². The predicted molar refractivity (Wildman–Crippen MR) is 163 cm³/mol. The fourth-order valence-electron chi connectivity index (χ4n) is 5.49. The molecular weight excluding hydrogens is 510 g/mol. The molecule has 3 N–H and O–H groups in total. The summed E-state index contributed by atoms with van der Waals surface area (Å²) < 4.78 is 2.07. The largest absolute Gasteiger partial charge is 0.383 e. The van der Waals surface area contributed by atoms with Gasteiger partial charge in [-0.3, -0.25) is 14.3 Å². The van der Waals surface area contributed by atoms with Gasteiger partial charge in [0.1, 0.15) is 11.3 Å². The molecule has 1 saturated heterocycles. The predicted octanol–water partition coefficient (Wildman–Crippen LogP) is 5.39. The van der Waals surface area contributed by atoms with Crippen molar-refractivity contribution in [2.24, 2.45) is 0 Å². The molecule has 206 valence electrons. The van der Waals surface area contributed by atoms with E-state index in [1.54, 1.807) is 6.20 Å². The van der Waals surface area contributed by atoms with Gasteiger partial charge in [0.05, 0.1) is 11.3 Å². The van der Waals surface area contributed by atoms with Gasteiger partial charge in [0, 0.05) is 36.6 Å². The third-order valence-electron chi connectivity index (χ3n) is 7.61. The molecule has 8 heteroatoms. The Hall–Kier alpha value is -4.82. The number of anilines is 1. The first-order chi connectivity index (χ1) is 20.1. The Labute approximate surface area is 239 Å². The van der Waals surface area contributed by atoms with Crippen molar-refractivity contribution in [3.8, 4) is 28.3 Å². The molecule has 0 bridgehead atoms. The van der Waals surface area contributed by atoms with Crippen molar-refractivity contribution in [1.29, 1.82) is 0 Å². The van der Waals surface area contributed by atoms with Crippen LogP contribution < -0.4 is 11.1 Å². The smallest absolute Gasteiger partial charge is 0.243 e. The van der Waals surface area contributed by atoms with E-state index in [0.717, 1.165) is 72.6 Å². The number of carbonyl (C=O) groups is 1. The maximum absolute atomic E-state index is 11.7. The lowest BCUT2D eigenvalue weighted by molar-refractivity contribution is -0.117. The number of fused-ring (bicyclic) bond motifs is 1. The normalized spacial score (nSPS) is 15.9. The van der Waals surface area contributed by atoms with Gasteiger partial charge in [0.2, 0.25) is 5.91 Å². The number of benzene rings is 2. The molecule has 3 aromatic heterocycles. The Morgan fingerprint density at radius 3 is 2.59 bits per heavy atom. The van der Waals surface area contributed by atoms with E-state index in [4.69, 9.17) is 15.7 Å².